The van der Waals surface area contributed by atoms with Gasteiger partial charge in [0.1, 0.15) is 23.8 Å². The van der Waals surface area contributed by atoms with Crippen molar-refractivity contribution < 1.29 is 27.9 Å². The number of rotatable bonds is 7. The van der Waals surface area contributed by atoms with E-state index in [2.05, 4.69) is 25.4 Å². The van der Waals surface area contributed by atoms with Gasteiger partial charge in [-0.1, -0.05) is 17.3 Å². The largest absolute Gasteiger partial charge is 0.481 e. The van der Waals surface area contributed by atoms with Gasteiger partial charge in [0.25, 0.3) is 12.3 Å². The van der Waals surface area contributed by atoms with Gasteiger partial charge >= 0.3 is 0 Å². The molecule has 4 aromatic rings. The van der Waals surface area contributed by atoms with Gasteiger partial charge in [0.2, 0.25) is 17.6 Å². The zero-order chi connectivity index (χ0) is 22.8. The number of anilines is 1. The highest BCUT2D eigenvalue weighted by atomic mass is 19.3. The number of nitrogens with one attached hydrogen (secondary N) is 1. The summed E-state index contributed by atoms with van der Waals surface area (Å²) >= 11 is 0. The number of imidazole rings is 1. The van der Waals surface area contributed by atoms with Crippen LogP contribution in [-0.4, -0.2) is 55.2 Å². The number of carbonyl (C=O) groups excluding carboxylic acids is 1. The van der Waals surface area contributed by atoms with Gasteiger partial charge in [-0.15, -0.1) is 0 Å². The van der Waals surface area contributed by atoms with E-state index in [9.17, 15) is 18.7 Å². The van der Waals surface area contributed by atoms with Crippen molar-refractivity contribution in [2.24, 2.45) is 0 Å². The Bertz CT molecular complexity index is 1270. The van der Waals surface area contributed by atoms with E-state index in [4.69, 9.17) is 9.26 Å². The summed E-state index contributed by atoms with van der Waals surface area (Å²) in [7, 11) is 1.48. The smallest absolute Gasteiger partial charge is 0.274 e. The molecule has 2 N–H and O–H groups in total. The predicted octanol–water partition coefficient (Wildman–Crippen LogP) is 2.52. The zero-order valence-corrected chi connectivity index (χ0v) is 17.0. The number of aliphatic hydroxyl groups excluding tert-OH is 1. The number of halogens is 2. The molecule has 3 heterocycles. The number of alkyl halides is 2. The maximum Gasteiger partial charge on any atom is 0.274 e. The number of hydrogen-bond donors (Lipinski definition) is 2. The molecule has 32 heavy (non-hydrogen) atoms. The van der Waals surface area contributed by atoms with E-state index in [0.717, 1.165) is 5.56 Å². The van der Waals surface area contributed by atoms with Gasteiger partial charge in [0.15, 0.2) is 0 Å². The number of fused-ring (bicyclic) bond motifs is 1. The van der Waals surface area contributed by atoms with Crippen molar-refractivity contribution in [2.75, 3.05) is 12.4 Å². The lowest BCUT2D eigenvalue weighted by Gasteiger charge is -2.09. The van der Waals surface area contributed by atoms with E-state index in [1.807, 2.05) is 0 Å². The molecule has 0 aliphatic rings. The van der Waals surface area contributed by atoms with E-state index in [0.29, 0.717) is 22.8 Å². The number of carbonyl (C=O) groups is 1. The Morgan fingerprint density at radius 1 is 1.31 bits per heavy atom. The minimum Gasteiger partial charge on any atom is -0.481 e. The van der Waals surface area contributed by atoms with Gasteiger partial charge in [-0.3, -0.25) is 9.20 Å². The van der Waals surface area contributed by atoms with Crippen LogP contribution in [0, 0.1) is 6.92 Å². The highest BCUT2D eigenvalue weighted by Crippen LogP contribution is 2.25. The van der Waals surface area contributed by atoms with Crippen LogP contribution < -0.4 is 10.1 Å². The third-order valence-corrected chi connectivity index (χ3v) is 4.71. The molecule has 1 atom stereocenters. The fourth-order valence-electron chi connectivity index (χ4n) is 2.95. The minimum absolute atomic E-state index is 0.118. The van der Waals surface area contributed by atoms with E-state index in [1.165, 1.54) is 24.0 Å². The topological polar surface area (TPSA) is 128 Å². The Labute approximate surface area is 179 Å². The van der Waals surface area contributed by atoms with E-state index in [-0.39, 0.29) is 17.4 Å². The maximum atomic E-state index is 12.9. The van der Waals surface area contributed by atoms with Crippen molar-refractivity contribution in [2.45, 2.75) is 25.9 Å². The molecule has 0 fully saturated rings. The summed E-state index contributed by atoms with van der Waals surface area (Å²) in [6.45, 7) is 1.81. The third-order valence-electron chi connectivity index (χ3n) is 4.71. The van der Waals surface area contributed by atoms with Crippen LogP contribution in [0.5, 0.6) is 5.88 Å². The average Bonchev–Trinajstić information content (AvgIpc) is 3.41. The first kappa shape index (κ1) is 21.3. The lowest BCUT2D eigenvalue weighted by Crippen LogP contribution is -2.20. The number of nitrogens with zero attached hydrogens (tertiary/aromatic N) is 5. The summed E-state index contributed by atoms with van der Waals surface area (Å²) < 4.78 is 36.6. The van der Waals surface area contributed by atoms with E-state index < -0.39 is 24.9 Å². The Balaban J connectivity index is 1.56. The summed E-state index contributed by atoms with van der Waals surface area (Å²) in [6.07, 6.45) is -2.41. The van der Waals surface area contributed by atoms with Crippen molar-refractivity contribution in [1.82, 2.24) is 24.5 Å². The normalized spacial score (nSPS) is 12.3. The lowest BCUT2D eigenvalue weighted by molar-refractivity contribution is -0.00754. The average molecular weight is 444 g/mol. The summed E-state index contributed by atoms with van der Waals surface area (Å²) in [5, 5.41) is 15.9. The number of amides is 1. The molecule has 3 aromatic heterocycles. The molecule has 4 rings (SSSR count). The van der Waals surface area contributed by atoms with Gasteiger partial charge < -0.3 is 19.7 Å². The van der Waals surface area contributed by atoms with Gasteiger partial charge in [-0.05, 0) is 18.6 Å². The SMILES string of the molecule is COc1cc2ncc(C(=O)Nc3cc(-c4noc(CC(O)C(F)F)n4)ccc3C)n2cn1. The van der Waals surface area contributed by atoms with Crippen LogP contribution in [0.25, 0.3) is 17.0 Å². The Morgan fingerprint density at radius 3 is 2.88 bits per heavy atom. The third kappa shape index (κ3) is 4.25. The quantitative estimate of drug-likeness (QED) is 0.445. The molecule has 0 spiro atoms. The van der Waals surface area contributed by atoms with Crippen LogP contribution in [0.3, 0.4) is 0 Å². The van der Waals surface area contributed by atoms with Gasteiger partial charge in [-0.2, -0.15) is 4.98 Å². The van der Waals surface area contributed by atoms with Crippen LogP contribution in [0.2, 0.25) is 0 Å². The van der Waals surface area contributed by atoms with Crippen LogP contribution in [-0.2, 0) is 6.42 Å². The van der Waals surface area contributed by atoms with Crippen LogP contribution in [0.1, 0.15) is 21.9 Å². The first-order valence-corrected chi connectivity index (χ1v) is 9.44. The molecule has 0 bridgehead atoms. The van der Waals surface area contributed by atoms with Crippen molar-refractivity contribution in [3.8, 4) is 17.3 Å². The standard InChI is InChI=1S/C20H18F2N6O4/c1-10-3-4-11(19-26-17(32-27-19)6-14(29)18(21)22)5-12(10)25-20(30)13-8-23-15-7-16(31-2)24-9-28(13)15/h3-5,7-9,14,18,29H,6H2,1-2H3,(H,25,30). The van der Waals surface area contributed by atoms with Crippen molar-refractivity contribution in [3.63, 3.8) is 0 Å². The summed E-state index contributed by atoms with van der Waals surface area (Å²) in [5.41, 5.74) is 2.52. The van der Waals surface area contributed by atoms with Gasteiger partial charge in [0.05, 0.1) is 19.7 Å². The number of aliphatic hydroxyl groups is 1. The number of aryl methyl sites for hydroxylation is 1. The monoisotopic (exact) mass is 444 g/mol. The lowest BCUT2D eigenvalue weighted by atomic mass is 10.1. The molecule has 1 unspecified atom stereocenters. The van der Waals surface area contributed by atoms with Crippen LogP contribution in [0.15, 0.2) is 41.3 Å². The molecule has 12 heteroatoms. The predicted molar refractivity (Wildman–Crippen MR) is 108 cm³/mol. The fraction of sp³-hybridized carbons (Fsp3) is 0.250. The highest BCUT2D eigenvalue weighted by molar-refractivity contribution is 6.04. The van der Waals surface area contributed by atoms with E-state index >= 15 is 0 Å². The first-order valence-electron chi connectivity index (χ1n) is 9.44. The molecule has 0 aliphatic heterocycles. The summed E-state index contributed by atoms with van der Waals surface area (Å²) in [6, 6.07) is 6.68. The second-order valence-electron chi connectivity index (χ2n) is 6.90. The molecule has 10 nitrogen and oxygen atoms in total. The molecule has 1 aromatic carbocycles. The van der Waals surface area contributed by atoms with Crippen molar-refractivity contribution >= 4 is 17.2 Å². The summed E-state index contributed by atoms with van der Waals surface area (Å²) in [5.74, 6) is -0.0200. The molecule has 0 radical (unpaired) electrons. The zero-order valence-electron chi connectivity index (χ0n) is 17.0. The number of methoxy groups -OCH3 is 1. The number of aromatic nitrogens is 5. The fourth-order valence-corrected chi connectivity index (χ4v) is 2.95. The Kier molecular flexibility index (Phi) is 5.77. The summed E-state index contributed by atoms with van der Waals surface area (Å²) in [4.78, 5) is 25.2. The molecular formula is C20H18F2N6O4. The Morgan fingerprint density at radius 2 is 2.12 bits per heavy atom. The van der Waals surface area contributed by atoms with Gasteiger partial charge in [0, 0.05) is 17.3 Å². The maximum absolute atomic E-state index is 12.9. The molecule has 0 aliphatic carbocycles. The highest BCUT2D eigenvalue weighted by Gasteiger charge is 2.21. The van der Waals surface area contributed by atoms with Crippen LogP contribution >= 0.6 is 0 Å². The number of ether oxygens (including phenoxy) is 1. The number of hydrogen-bond acceptors (Lipinski definition) is 8. The van der Waals surface area contributed by atoms with Crippen molar-refractivity contribution in [3.05, 3.63) is 53.9 Å². The Hall–Kier alpha value is -3.93. The molecule has 166 valence electrons. The second kappa shape index (κ2) is 8.67. The van der Waals surface area contributed by atoms with E-state index in [1.54, 1.807) is 31.2 Å². The van der Waals surface area contributed by atoms with Crippen molar-refractivity contribution in [1.29, 1.82) is 0 Å². The second-order valence-corrected chi connectivity index (χ2v) is 6.90. The van der Waals surface area contributed by atoms with Crippen LogP contribution in [0.4, 0.5) is 14.5 Å². The first-order chi connectivity index (χ1) is 15.4. The molecular weight excluding hydrogens is 426 g/mol. The minimum atomic E-state index is -2.91. The molecule has 0 saturated carbocycles. The molecule has 0 saturated heterocycles. The van der Waals surface area contributed by atoms with Gasteiger partial charge in [-0.25, -0.2) is 18.7 Å². The number of benzene rings is 1. The molecule has 1 amide bonds.